The fourth-order valence-corrected chi connectivity index (χ4v) is 2.20. The Balaban J connectivity index is 3.25. The minimum Gasteiger partial charge on any atom is -0.326 e. The standard InChI is InChI=1S/C9H12IN/c1-6-3-8(10)4-7(2)9(6)5-11/h3-4H,5,11H2,1-2H3. The van der Waals surface area contributed by atoms with Crippen molar-refractivity contribution >= 4 is 22.6 Å². The number of nitrogens with two attached hydrogens (primary N) is 1. The van der Waals surface area contributed by atoms with Crippen molar-refractivity contribution in [2.45, 2.75) is 20.4 Å². The summed E-state index contributed by atoms with van der Waals surface area (Å²) < 4.78 is 1.29. The fraction of sp³-hybridized carbons (Fsp3) is 0.333. The van der Waals surface area contributed by atoms with Crippen LogP contribution in [0.15, 0.2) is 12.1 Å². The van der Waals surface area contributed by atoms with Crippen LogP contribution in [0.5, 0.6) is 0 Å². The highest BCUT2D eigenvalue weighted by molar-refractivity contribution is 14.1. The van der Waals surface area contributed by atoms with Crippen molar-refractivity contribution in [3.63, 3.8) is 0 Å². The normalized spacial score (nSPS) is 10.2. The van der Waals surface area contributed by atoms with Crippen LogP contribution in [0.2, 0.25) is 0 Å². The van der Waals surface area contributed by atoms with Gasteiger partial charge >= 0.3 is 0 Å². The van der Waals surface area contributed by atoms with Crippen LogP contribution in [0, 0.1) is 17.4 Å². The van der Waals surface area contributed by atoms with E-state index in [0.29, 0.717) is 6.54 Å². The second-order valence-corrected chi connectivity index (χ2v) is 3.97. The van der Waals surface area contributed by atoms with Crippen LogP contribution in [-0.2, 0) is 6.54 Å². The van der Waals surface area contributed by atoms with E-state index >= 15 is 0 Å². The van der Waals surface area contributed by atoms with Crippen molar-refractivity contribution in [2.24, 2.45) is 5.73 Å². The molecule has 1 aromatic carbocycles. The van der Waals surface area contributed by atoms with Gasteiger partial charge in [0.25, 0.3) is 0 Å². The second kappa shape index (κ2) is 3.54. The molecule has 0 unspecified atom stereocenters. The summed E-state index contributed by atoms with van der Waals surface area (Å²) in [5.41, 5.74) is 9.49. The molecule has 0 aliphatic rings. The Bertz CT molecular complexity index is 245. The molecule has 60 valence electrons. The first-order valence-corrected chi connectivity index (χ1v) is 4.68. The zero-order valence-corrected chi connectivity index (χ0v) is 8.97. The molecule has 0 aromatic heterocycles. The lowest BCUT2D eigenvalue weighted by atomic mass is 10.0. The third-order valence-electron chi connectivity index (χ3n) is 1.86. The molecule has 0 bridgehead atoms. The molecule has 11 heavy (non-hydrogen) atoms. The number of rotatable bonds is 1. The molecule has 0 saturated heterocycles. The van der Waals surface area contributed by atoms with E-state index in [1.807, 2.05) is 0 Å². The molecule has 0 aliphatic heterocycles. The predicted molar refractivity (Wildman–Crippen MR) is 56.5 cm³/mol. The maximum absolute atomic E-state index is 5.60. The van der Waals surface area contributed by atoms with Gasteiger partial charge in [0.2, 0.25) is 0 Å². The van der Waals surface area contributed by atoms with Gasteiger partial charge in [0.05, 0.1) is 0 Å². The van der Waals surface area contributed by atoms with Crippen LogP contribution in [-0.4, -0.2) is 0 Å². The minimum atomic E-state index is 0.647. The molecule has 0 amide bonds. The Kier molecular flexibility index (Phi) is 2.90. The van der Waals surface area contributed by atoms with E-state index in [1.54, 1.807) is 0 Å². The first-order valence-electron chi connectivity index (χ1n) is 3.61. The molecule has 0 spiro atoms. The molecule has 1 aromatic rings. The summed E-state index contributed by atoms with van der Waals surface area (Å²) in [6.45, 7) is 4.86. The van der Waals surface area contributed by atoms with Crippen LogP contribution < -0.4 is 5.73 Å². The minimum absolute atomic E-state index is 0.647. The van der Waals surface area contributed by atoms with E-state index in [1.165, 1.54) is 20.3 Å². The summed E-state index contributed by atoms with van der Waals surface area (Å²) in [6.07, 6.45) is 0. The van der Waals surface area contributed by atoms with Gasteiger partial charge in [-0.15, -0.1) is 0 Å². The number of hydrogen-bond donors (Lipinski definition) is 1. The van der Waals surface area contributed by atoms with Crippen LogP contribution in [0.4, 0.5) is 0 Å². The first kappa shape index (κ1) is 9.00. The van der Waals surface area contributed by atoms with Gasteiger partial charge in [-0.3, -0.25) is 0 Å². The molecule has 0 aliphatic carbocycles. The lowest BCUT2D eigenvalue weighted by molar-refractivity contribution is 1.03. The molecular weight excluding hydrogens is 249 g/mol. The highest BCUT2D eigenvalue weighted by Gasteiger charge is 2.00. The Morgan fingerprint density at radius 2 is 1.73 bits per heavy atom. The molecule has 0 saturated carbocycles. The van der Waals surface area contributed by atoms with Crippen molar-refractivity contribution in [3.05, 3.63) is 32.4 Å². The number of aryl methyl sites for hydroxylation is 2. The third-order valence-corrected chi connectivity index (χ3v) is 2.49. The van der Waals surface area contributed by atoms with Crippen molar-refractivity contribution in [1.29, 1.82) is 0 Å². The summed E-state index contributed by atoms with van der Waals surface area (Å²) in [5.74, 6) is 0. The Morgan fingerprint density at radius 1 is 1.27 bits per heavy atom. The largest absolute Gasteiger partial charge is 0.326 e. The van der Waals surface area contributed by atoms with Crippen LogP contribution in [0.3, 0.4) is 0 Å². The molecule has 1 rings (SSSR count). The SMILES string of the molecule is Cc1cc(I)cc(C)c1CN. The van der Waals surface area contributed by atoms with Gasteiger partial charge in [0.1, 0.15) is 0 Å². The first-order chi connectivity index (χ1) is 5.15. The number of hydrogen-bond acceptors (Lipinski definition) is 1. The number of halogens is 1. The van der Waals surface area contributed by atoms with E-state index in [4.69, 9.17) is 5.73 Å². The van der Waals surface area contributed by atoms with E-state index in [0.717, 1.165) is 0 Å². The van der Waals surface area contributed by atoms with Gasteiger partial charge in [-0.2, -0.15) is 0 Å². The van der Waals surface area contributed by atoms with Gasteiger partial charge in [0.15, 0.2) is 0 Å². The summed E-state index contributed by atoms with van der Waals surface area (Å²) in [6, 6.07) is 4.32. The molecule has 0 atom stereocenters. The topological polar surface area (TPSA) is 26.0 Å². The van der Waals surface area contributed by atoms with Crippen molar-refractivity contribution in [3.8, 4) is 0 Å². The summed E-state index contributed by atoms with van der Waals surface area (Å²) >= 11 is 2.32. The third kappa shape index (κ3) is 1.93. The smallest absolute Gasteiger partial charge is 0.0183 e. The molecule has 0 radical (unpaired) electrons. The van der Waals surface area contributed by atoms with E-state index < -0.39 is 0 Å². The Hall–Kier alpha value is -0.0900. The fourth-order valence-electron chi connectivity index (χ4n) is 1.26. The Labute approximate surface area is 81.1 Å². The van der Waals surface area contributed by atoms with Gasteiger partial charge in [-0.1, -0.05) is 0 Å². The van der Waals surface area contributed by atoms with Gasteiger partial charge < -0.3 is 5.73 Å². The molecule has 2 heteroatoms. The maximum atomic E-state index is 5.60. The highest BCUT2D eigenvalue weighted by atomic mass is 127. The summed E-state index contributed by atoms with van der Waals surface area (Å²) in [7, 11) is 0. The average molecular weight is 261 g/mol. The molecule has 0 fully saturated rings. The average Bonchev–Trinajstić information content (AvgIpc) is 1.85. The van der Waals surface area contributed by atoms with Crippen LogP contribution in [0.1, 0.15) is 16.7 Å². The summed E-state index contributed by atoms with van der Waals surface area (Å²) in [4.78, 5) is 0. The lowest BCUT2D eigenvalue weighted by Gasteiger charge is -2.07. The highest BCUT2D eigenvalue weighted by Crippen LogP contribution is 2.16. The zero-order valence-electron chi connectivity index (χ0n) is 6.82. The van der Waals surface area contributed by atoms with Crippen LogP contribution in [0.25, 0.3) is 0 Å². The van der Waals surface area contributed by atoms with Gasteiger partial charge in [0, 0.05) is 10.1 Å². The van der Waals surface area contributed by atoms with Gasteiger partial charge in [-0.25, -0.2) is 0 Å². The quantitative estimate of drug-likeness (QED) is 0.771. The van der Waals surface area contributed by atoms with Gasteiger partial charge in [-0.05, 0) is 65.3 Å². The van der Waals surface area contributed by atoms with E-state index in [-0.39, 0.29) is 0 Å². The summed E-state index contributed by atoms with van der Waals surface area (Å²) in [5, 5.41) is 0. The molecule has 0 heterocycles. The van der Waals surface area contributed by atoms with E-state index in [2.05, 4.69) is 48.6 Å². The van der Waals surface area contributed by atoms with E-state index in [9.17, 15) is 0 Å². The number of benzene rings is 1. The van der Waals surface area contributed by atoms with Crippen molar-refractivity contribution in [1.82, 2.24) is 0 Å². The Morgan fingerprint density at radius 3 is 2.09 bits per heavy atom. The van der Waals surface area contributed by atoms with Crippen LogP contribution >= 0.6 is 22.6 Å². The second-order valence-electron chi connectivity index (χ2n) is 2.72. The predicted octanol–water partition coefficient (Wildman–Crippen LogP) is 2.37. The lowest BCUT2D eigenvalue weighted by Crippen LogP contribution is -2.02. The maximum Gasteiger partial charge on any atom is 0.0183 e. The molecule has 1 nitrogen and oxygen atoms in total. The van der Waals surface area contributed by atoms with Crippen molar-refractivity contribution in [2.75, 3.05) is 0 Å². The van der Waals surface area contributed by atoms with Crippen molar-refractivity contribution < 1.29 is 0 Å². The zero-order chi connectivity index (χ0) is 8.43. The molecular formula is C9H12IN. The monoisotopic (exact) mass is 261 g/mol. The molecule has 2 N–H and O–H groups in total.